The number of nitrogens with zero attached hydrogens (tertiary/aromatic N) is 3. The number of ether oxygens (including phenoxy) is 2. The van der Waals surface area contributed by atoms with E-state index in [0.29, 0.717) is 18.3 Å². The molecule has 2 saturated heterocycles. The van der Waals surface area contributed by atoms with Crippen molar-refractivity contribution in [1.29, 1.82) is 0 Å². The number of aliphatic imine (C=N–C) groups is 1. The number of guanidine groups is 1. The predicted molar refractivity (Wildman–Crippen MR) is 120 cm³/mol. The summed E-state index contributed by atoms with van der Waals surface area (Å²) in [6.07, 6.45) is 1.08. The first kappa shape index (κ1) is 23.2. The lowest BCUT2D eigenvalue weighted by molar-refractivity contribution is 0.0195. The Morgan fingerprint density at radius 2 is 2.00 bits per heavy atom. The summed E-state index contributed by atoms with van der Waals surface area (Å²) >= 11 is 0. The van der Waals surface area contributed by atoms with Gasteiger partial charge in [-0.1, -0.05) is 0 Å². The highest BCUT2D eigenvalue weighted by Crippen LogP contribution is 2.17. The Morgan fingerprint density at radius 1 is 1.29 bits per heavy atom. The van der Waals surface area contributed by atoms with Crippen LogP contribution in [0.1, 0.15) is 20.3 Å². The molecule has 0 aromatic heterocycles. The molecule has 1 N–H and O–H groups in total. The average molecular weight is 506 g/mol. The van der Waals surface area contributed by atoms with Gasteiger partial charge in [0.25, 0.3) is 0 Å². The maximum atomic E-state index is 13.0. The highest BCUT2D eigenvalue weighted by atomic mass is 127. The summed E-state index contributed by atoms with van der Waals surface area (Å²) in [6.45, 7) is 11.2. The van der Waals surface area contributed by atoms with E-state index in [9.17, 15) is 4.39 Å². The van der Waals surface area contributed by atoms with Gasteiger partial charge in [0.2, 0.25) is 0 Å². The first-order chi connectivity index (χ1) is 13.2. The van der Waals surface area contributed by atoms with E-state index < -0.39 is 0 Å². The molecule has 6 nitrogen and oxygen atoms in total. The molecular formula is C20H32FIN4O2. The van der Waals surface area contributed by atoms with E-state index in [1.54, 1.807) is 12.1 Å². The molecule has 2 aliphatic rings. The SMILES string of the molecule is CCNC(=NCC(C)Oc1ccc(F)cc1)N1CCC(N2CCOCC2)C1.I. The van der Waals surface area contributed by atoms with Crippen molar-refractivity contribution in [3.05, 3.63) is 30.1 Å². The Hall–Kier alpha value is -1.13. The third-order valence-corrected chi connectivity index (χ3v) is 5.01. The van der Waals surface area contributed by atoms with Gasteiger partial charge in [-0.3, -0.25) is 4.90 Å². The van der Waals surface area contributed by atoms with E-state index >= 15 is 0 Å². The minimum Gasteiger partial charge on any atom is -0.489 e. The Balaban J connectivity index is 0.00000280. The number of nitrogens with one attached hydrogen (secondary N) is 1. The molecule has 2 unspecified atom stereocenters. The zero-order valence-corrected chi connectivity index (χ0v) is 19.1. The number of hydrogen-bond acceptors (Lipinski definition) is 4. The maximum absolute atomic E-state index is 13.0. The molecule has 0 spiro atoms. The lowest BCUT2D eigenvalue weighted by atomic mass is 10.2. The summed E-state index contributed by atoms with van der Waals surface area (Å²) in [6, 6.07) is 6.68. The summed E-state index contributed by atoms with van der Waals surface area (Å²) in [7, 11) is 0. The lowest BCUT2D eigenvalue weighted by Crippen LogP contribution is -2.46. The van der Waals surface area contributed by atoms with Crippen LogP contribution in [-0.4, -0.2) is 80.4 Å². The molecular weight excluding hydrogens is 474 g/mol. The van der Waals surface area contributed by atoms with Crippen molar-refractivity contribution in [2.24, 2.45) is 4.99 Å². The summed E-state index contributed by atoms with van der Waals surface area (Å²) < 4.78 is 24.3. The van der Waals surface area contributed by atoms with Gasteiger partial charge in [0, 0.05) is 38.8 Å². The van der Waals surface area contributed by atoms with Crippen LogP contribution >= 0.6 is 24.0 Å². The second kappa shape index (κ2) is 11.8. The molecule has 0 aliphatic carbocycles. The van der Waals surface area contributed by atoms with Crippen molar-refractivity contribution in [3.63, 3.8) is 0 Å². The monoisotopic (exact) mass is 506 g/mol. The highest BCUT2D eigenvalue weighted by molar-refractivity contribution is 14.0. The molecule has 0 saturated carbocycles. The van der Waals surface area contributed by atoms with Crippen LogP contribution in [0.4, 0.5) is 4.39 Å². The Kier molecular flexibility index (Phi) is 9.73. The van der Waals surface area contributed by atoms with Crippen LogP contribution < -0.4 is 10.1 Å². The van der Waals surface area contributed by atoms with Crippen LogP contribution in [0.2, 0.25) is 0 Å². The molecule has 3 rings (SSSR count). The van der Waals surface area contributed by atoms with E-state index in [1.165, 1.54) is 12.1 Å². The van der Waals surface area contributed by atoms with Crippen LogP contribution in [0, 0.1) is 5.82 Å². The largest absolute Gasteiger partial charge is 0.489 e. The van der Waals surface area contributed by atoms with Crippen LogP contribution in [-0.2, 0) is 4.74 Å². The fourth-order valence-electron chi connectivity index (χ4n) is 3.60. The number of rotatable bonds is 6. The molecule has 2 aliphatic heterocycles. The van der Waals surface area contributed by atoms with Gasteiger partial charge >= 0.3 is 0 Å². The molecule has 8 heteroatoms. The smallest absolute Gasteiger partial charge is 0.194 e. The first-order valence-corrected chi connectivity index (χ1v) is 9.93. The summed E-state index contributed by atoms with van der Waals surface area (Å²) in [5.41, 5.74) is 0. The second-order valence-corrected chi connectivity index (χ2v) is 7.11. The molecule has 28 heavy (non-hydrogen) atoms. The standard InChI is InChI=1S/C20H31FN4O2.HI/c1-3-22-20(23-14-16(2)27-19-6-4-17(21)5-7-19)25-9-8-18(15-25)24-10-12-26-13-11-24;/h4-7,16,18H,3,8-15H2,1-2H3,(H,22,23);1H. The normalized spacial score (nSPS) is 21.9. The van der Waals surface area contributed by atoms with Crippen LogP contribution in [0.3, 0.4) is 0 Å². The summed E-state index contributed by atoms with van der Waals surface area (Å²) in [5.74, 6) is 1.35. The van der Waals surface area contributed by atoms with Gasteiger partial charge in [0.05, 0.1) is 19.8 Å². The van der Waals surface area contributed by atoms with E-state index in [1.807, 2.05) is 6.92 Å². The minimum atomic E-state index is -0.258. The van der Waals surface area contributed by atoms with Gasteiger partial charge in [-0.25, -0.2) is 9.38 Å². The van der Waals surface area contributed by atoms with Crippen molar-refractivity contribution in [3.8, 4) is 5.75 Å². The fraction of sp³-hybridized carbons (Fsp3) is 0.650. The molecule has 1 aromatic rings. The van der Waals surface area contributed by atoms with Crippen molar-refractivity contribution >= 4 is 29.9 Å². The third kappa shape index (κ3) is 6.73. The Labute approximate surface area is 184 Å². The summed E-state index contributed by atoms with van der Waals surface area (Å²) in [4.78, 5) is 9.65. The second-order valence-electron chi connectivity index (χ2n) is 7.11. The highest BCUT2D eigenvalue weighted by Gasteiger charge is 2.30. The predicted octanol–water partition coefficient (Wildman–Crippen LogP) is 2.58. The number of morpholine rings is 1. The number of benzene rings is 1. The van der Waals surface area contributed by atoms with Gasteiger partial charge < -0.3 is 19.7 Å². The minimum absolute atomic E-state index is 0. The van der Waals surface area contributed by atoms with Gasteiger partial charge in [-0.15, -0.1) is 24.0 Å². The third-order valence-electron chi connectivity index (χ3n) is 5.01. The van der Waals surface area contributed by atoms with Crippen molar-refractivity contribution < 1.29 is 13.9 Å². The maximum Gasteiger partial charge on any atom is 0.194 e. The van der Waals surface area contributed by atoms with E-state index in [-0.39, 0.29) is 35.9 Å². The Morgan fingerprint density at radius 3 is 2.68 bits per heavy atom. The summed E-state index contributed by atoms with van der Waals surface area (Å²) in [5, 5.41) is 3.40. The molecule has 2 heterocycles. The molecule has 158 valence electrons. The van der Waals surface area contributed by atoms with E-state index in [0.717, 1.165) is 58.3 Å². The van der Waals surface area contributed by atoms with E-state index in [4.69, 9.17) is 14.5 Å². The quantitative estimate of drug-likeness (QED) is 0.365. The molecule has 1 aromatic carbocycles. The van der Waals surface area contributed by atoms with Gasteiger partial charge in [-0.05, 0) is 44.5 Å². The number of likely N-dealkylation sites (tertiary alicyclic amines) is 1. The van der Waals surface area contributed by atoms with Crippen molar-refractivity contribution in [2.45, 2.75) is 32.4 Å². The van der Waals surface area contributed by atoms with E-state index in [2.05, 4.69) is 22.0 Å². The Bertz CT molecular complexity index is 611. The van der Waals surface area contributed by atoms with Crippen LogP contribution in [0.5, 0.6) is 5.75 Å². The average Bonchev–Trinajstić information content (AvgIpc) is 3.18. The van der Waals surface area contributed by atoms with Crippen LogP contribution in [0.25, 0.3) is 0 Å². The molecule has 2 fully saturated rings. The number of hydrogen-bond donors (Lipinski definition) is 1. The number of halogens is 2. The van der Waals surface area contributed by atoms with Gasteiger partial charge in [0.1, 0.15) is 17.7 Å². The molecule has 0 radical (unpaired) electrons. The fourth-order valence-corrected chi connectivity index (χ4v) is 3.60. The molecule has 0 amide bonds. The first-order valence-electron chi connectivity index (χ1n) is 9.93. The molecule has 2 atom stereocenters. The molecule has 0 bridgehead atoms. The van der Waals surface area contributed by atoms with Crippen molar-refractivity contribution in [2.75, 3.05) is 52.5 Å². The van der Waals surface area contributed by atoms with Gasteiger partial charge in [0.15, 0.2) is 5.96 Å². The zero-order chi connectivity index (χ0) is 19.1. The lowest BCUT2D eigenvalue weighted by Gasteiger charge is -2.32. The topological polar surface area (TPSA) is 49.3 Å². The van der Waals surface area contributed by atoms with Crippen LogP contribution in [0.15, 0.2) is 29.3 Å². The van der Waals surface area contributed by atoms with Gasteiger partial charge in [-0.2, -0.15) is 0 Å². The zero-order valence-electron chi connectivity index (χ0n) is 16.8. The van der Waals surface area contributed by atoms with Crippen molar-refractivity contribution in [1.82, 2.24) is 15.1 Å².